The first-order valence-corrected chi connectivity index (χ1v) is 10.8. The molecule has 0 saturated heterocycles. The molecule has 3 aromatic carbocycles. The summed E-state index contributed by atoms with van der Waals surface area (Å²) in [5, 5.41) is 9.81. The van der Waals surface area contributed by atoms with Crippen LogP contribution in [0.5, 0.6) is 0 Å². The zero-order valence-corrected chi connectivity index (χ0v) is 18.3. The number of hydrogen-bond donors (Lipinski definition) is 2. The molecule has 2 N–H and O–H groups in total. The lowest BCUT2D eigenvalue weighted by molar-refractivity contribution is 0.102. The molecule has 0 fully saturated rings. The van der Waals surface area contributed by atoms with Gasteiger partial charge in [0.25, 0.3) is 5.91 Å². The minimum absolute atomic E-state index is 0.297. The third-order valence-corrected chi connectivity index (χ3v) is 5.79. The van der Waals surface area contributed by atoms with Gasteiger partial charge in [0.2, 0.25) is 0 Å². The summed E-state index contributed by atoms with van der Waals surface area (Å²) < 4.78 is 0. The number of rotatable bonds is 5. The van der Waals surface area contributed by atoms with E-state index >= 15 is 0 Å². The Morgan fingerprint density at radius 3 is 2.63 bits per heavy atom. The first-order valence-electron chi connectivity index (χ1n) is 9.14. The third kappa shape index (κ3) is 4.65. The highest BCUT2D eigenvalue weighted by molar-refractivity contribution is 7.14. The lowest BCUT2D eigenvalue weighted by atomic mass is 10.1. The van der Waals surface area contributed by atoms with Crippen LogP contribution in [0.2, 0.25) is 10.0 Å². The van der Waals surface area contributed by atoms with Gasteiger partial charge in [-0.15, -0.1) is 11.3 Å². The molecule has 4 nitrogen and oxygen atoms in total. The van der Waals surface area contributed by atoms with Crippen LogP contribution in [0.1, 0.15) is 15.9 Å². The lowest BCUT2D eigenvalue weighted by Gasteiger charge is -2.08. The normalized spacial score (nSPS) is 10.6. The summed E-state index contributed by atoms with van der Waals surface area (Å²) in [5.41, 5.74) is 4.94. The van der Waals surface area contributed by atoms with Crippen LogP contribution in [0.4, 0.5) is 16.5 Å². The number of nitrogens with one attached hydrogen (secondary N) is 2. The van der Waals surface area contributed by atoms with Gasteiger partial charge in [-0.05, 0) is 48.9 Å². The molecular formula is C23H17Cl2N3OS. The number of para-hydroxylation sites is 1. The van der Waals surface area contributed by atoms with Gasteiger partial charge >= 0.3 is 0 Å². The van der Waals surface area contributed by atoms with Crippen LogP contribution in [0, 0.1) is 6.92 Å². The summed E-state index contributed by atoms with van der Waals surface area (Å²) in [6.45, 7) is 2.05. The van der Waals surface area contributed by atoms with Crippen LogP contribution >= 0.6 is 34.5 Å². The Morgan fingerprint density at radius 1 is 1.00 bits per heavy atom. The maximum Gasteiger partial charge on any atom is 0.257 e. The fourth-order valence-electron chi connectivity index (χ4n) is 2.92. The van der Waals surface area contributed by atoms with Crippen molar-refractivity contribution >= 4 is 57.0 Å². The van der Waals surface area contributed by atoms with E-state index in [9.17, 15) is 4.79 Å². The zero-order valence-electron chi connectivity index (χ0n) is 15.9. The number of thiazole rings is 1. The number of carbonyl (C=O) groups excluding carboxylic acids is 1. The van der Waals surface area contributed by atoms with Crippen molar-refractivity contribution in [3.63, 3.8) is 0 Å². The summed E-state index contributed by atoms with van der Waals surface area (Å²) in [5.74, 6) is -0.297. The summed E-state index contributed by atoms with van der Waals surface area (Å²) in [6.07, 6.45) is 0. The Morgan fingerprint density at radius 2 is 1.83 bits per heavy atom. The average molecular weight is 454 g/mol. The zero-order chi connectivity index (χ0) is 21.1. The van der Waals surface area contributed by atoms with Crippen LogP contribution in [0.15, 0.2) is 72.1 Å². The van der Waals surface area contributed by atoms with Crippen LogP contribution < -0.4 is 10.6 Å². The maximum atomic E-state index is 12.6. The van der Waals surface area contributed by atoms with E-state index in [0.29, 0.717) is 21.3 Å². The Labute approximate surface area is 188 Å². The van der Waals surface area contributed by atoms with Gasteiger partial charge in [0.1, 0.15) is 0 Å². The van der Waals surface area contributed by atoms with Crippen LogP contribution in [0.25, 0.3) is 11.3 Å². The molecule has 0 saturated carbocycles. The number of nitrogens with zero attached hydrogens (tertiary/aromatic N) is 1. The van der Waals surface area contributed by atoms with Crippen LogP contribution in [-0.4, -0.2) is 10.9 Å². The SMILES string of the molecule is Cc1ccccc1Nc1nc(-c2cccc(NC(=O)c3ccc(Cl)cc3Cl)c2)cs1. The number of aryl methyl sites for hydroxylation is 1. The number of benzene rings is 3. The van der Waals surface area contributed by atoms with Crippen molar-refractivity contribution in [3.8, 4) is 11.3 Å². The molecular weight excluding hydrogens is 437 g/mol. The Balaban J connectivity index is 1.52. The maximum absolute atomic E-state index is 12.6. The predicted molar refractivity (Wildman–Crippen MR) is 126 cm³/mol. The number of hydrogen-bond acceptors (Lipinski definition) is 4. The van der Waals surface area contributed by atoms with Crippen molar-refractivity contribution in [2.75, 3.05) is 10.6 Å². The molecule has 4 rings (SSSR count). The summed E-state index contributed by atoms with van der Waals surface area (Å²) in [4.78, 5) is 17.2. The van der Waals surface area contributed by atoms with Gasteiger partial charge in [0, 0.05) is 27.3 Å². The first-order chi connectivity index (χ1) is 14.5. The third-order valence-electron chi connectivity index (χ3n) is 4.48. The molecule has 1 aromatic heterocycles. The average Bonchev–Trinajstić information content (AvgIpc) is 3.18. The van der Waals surface area contributed by atoms with Gasteiger partial charge in [-0.1, -0.05) is 53.5 Å². The van der Waals surface area contributed by atoms with E-state index in [2.05, 4.69) is 28.6 Å². The van der Waals surface area contributed by atoms with Crippen molar-refractivity contribution in [1.29, 1.82) is 0 Å². The highest BCUT2D eigenvalue weighted by Crippen LogP contribution is 2.30. The largest absolute Gasteiger partial charge is 0.331 e. The minimum atomic E-state index is -0.297. The van der Waals surface area contributed by atoms with E-state index in [4.69, 9.17) is 23.2 Å². The molecule has 7 heteroatoms. The summed E-state index contributed by atoms with van der Waals surface area (Å²) in [6, 6.07) is 20.4. The van der Waals surface area contributed by atoms with Crippen molar-refractivity contribution in [2.45, 2.75) is 6.92 Å². The fraction of sp³-hybridized carbons (Fsp3) is 0.0435. The second-order valence-electron chi connectivity index (χ2n) is 6.64. The van der Waals surface area contributed by atoms with Gasteiger partial charge in [0.05, 0.1) is 16.3 Å². The summed E-state index contributed by atoms with van der Waals surface area (Å²) >= 11 is 13.6. The molecule has 150 valence electrons. The summed E-state index contributed by atoms with van der Waals surface area (Å²) in [7, 11) is 0. The number of halogens is 2. The molecule has 0 atom stereocenters. The lowest BCUT2D eigenvalue weighted by Crippen LogP contribution is -2.12. The van der Waals surface area contributed by atoms with Gasteiger partial charge < -0.3 is 10.6 Å². The molecule has 1 heterocycles. The standard InChI is InChI=1S/C23H17Cl2N3OS/c1-14-5-2-3-8-20(14)27-23-28-21(13-30-23)15-6-4-7-17(11-15)26-22(29)18-10-9-16(24)12-19(18)25/h2-13H,1H3,(H,26,29)(H,27,28). The number of carbonyl (C=O) groups is 1. The highest BCUT2D eigenvalue weighted by Gasteiger charge is 2.12. The molecule has 0 unspecified atom stereocenters. The van der Waals surface area contributed by atoms with Crippen LogP contribution in [-0.2, 0) is 0 Å². The monoisotopic (exact) mass is 453 g/mol. The minimum Gasteiger partial charge on any atom is -0.331 e. The van der Waals surface area contributed by atoms with E-state index in [1.807, 2.05) is 47.8 Å². The van der Waals surface area contributed by atoms with Gasteiger partial charge in [-0.25, -0.2) is 4.98 Å². The molecule has 0 spiro atoms. The van der Waals surface area contributed by atoms with Gasteiger partial charge in [-0.3, -0.25) is 4.79 Å². The molecule has 0 bridgehead atoms. The second-order valence-corrected chi connectivity index (χ2v) is 8.34. The highest BCUT2D eigenvalue weighted by atomic mass is 35.5. The Kier molecular flexibility index (Phi) is 6.04. The van der Waals surface area contributed by atoms with E-state index in [-0.39, 0.29) is 5.91 Å². The first kappa shape index (κ1) is 20.4. The van der Waals surface area contributed by atoms with E-state index in [0.717, 1.165) is 27.6 Å². The quantitative estimate of drug-likeness (QED) is 0.330. The molecule has 0 aliphatic carbocycles. The Hall–Kier alpha value is -2.86. The topological polar surface area (TPSA) is 54.0 Å². The van der Waals surface area contributed by atoms with Crippen molar-refractivity contribution < 1.29 is 4.79 Å². The van der Waals surface area contributed by atoms with Crippen LogP contribution in [0.3, 0.4) is 0 Å². The molecule has 0 aliphatic rings. The molecule has 4 aromatic rings. The smallest absolute Gasteiger partial charge is 0.257 e. The van der Waals surface area contributed by atoms with Gasteiger partial charge in [-0.2, -0.15) is 0 Å². The molecule has 0 radical (unpaired) electrons. The second kappa shape index (κ2) is 8.88. The van der Waals surface area contributed by atoms with Crippen molar-refractivity contribution in [3.05, 3.63) is 93.3 Å². The van der Waals surface area contributed by atoms with Gasteiger partial charge in [0.15, 0.2) is 5.13 Å². The van der Waals surface area contributed by atoms with Crippen molar-refractivity contribution in [2.24, 2.45) is 0 Å². The fourth-order valence-corrected chi connectivity index (χ4v) is 4.15. The van der Waals surface area contributed by atoms with Crippen molar-refractivity contribution in [1.82, 2.24) is 4.98 Å². The molecule has 30 heavy (non-hydrogen) atoms. The van der Waals surface area contributed by atoms with E-state index in [1.165, 1.54) is 11.3 Å². The predicted octanol–water partition coefficient (Wildman–Crippen LogP) is 7.42. The number of aromatic nitrogens is 1. The van der Waals surface area contributed by atoms with E-state index < -0.39 is 0 Å². The number of amides is 1. The Bertz CT molecular complexity index is 1220. The molecule has 1 amide bonds. The number of anilines is 3. The molecule has 0 aliphatic heterocycles. The van der Waals surface area contributed by atoms with E-state index in [1.54, 1.807) is 18.2 Å².